The molecule has 3 nitrogen and oxygen atoms in total. The third-order valence-corrected chi connectivity index (χ3v) is 1.90. The fraction of sp³-hybridized carbons (Fsp3) is 0.250. The zero-order valence-electron chi connectivity index (χ0n) is 8.77. The first kappa shape index (κ1) is 11.5. The largest absolute Gasteiger partial charge is 0.463 e. The first-order chi connectivity index (χ1) is 7.27. The Morgan fingerprint density at radius 3 is 2.60 bits per heavy atom. The van der Waals surface area contributed by atoms with Crippen LogP contribution in [0.4, 0.5) is 0 Å². The van der Waals surface area contributed by atoms with E-state index in [0.717, 1.165) is 5.56 Å². The highest BCUT2D eigenvalue weighted by atomic mass is 16.5. The van der Waals surface area contributed by atoms with Gasteiger partial charge in [-0.1, -0.05) is 30.3 Å². The van der Waals surface area contributed by atoms with Gasteiger partial charge in [-0.3, -0.25) is 0 Å². The lowest BCUT2D eigenvalue weighted by atomic mass is 10.1. The molecular weight excluding hydrogens is 190 g/mol. The van der Waals surface area contributed by atoms with Gasteiger partial charge in [-0.15, -0.1) is 0 Å². The number of carbonyl (C=O) groups is 1. The number of hydrogen-bond acceptors (Lipinski definition) is 3. The SMILES string of the molecule is CCOC(=O)C(=Cc1ccccc1)CN. The van der Waals surface area contributed by atoms with Crippen LogP contribution in [-0.4, -0.2) is 19.1 Å². The topological polar surface area (TPSA) is 52.3 Å². The number of benzene rings is 1. The number of nitrogens with two attached hydrogens (primary N) is 1. The summed E-state index contributed by atoms with van der Waals surface area (Å²) < 4.78 is 4.88. The Hall–Kier alpha value is -1.61. The average Bonchev–Trinajstić information content (AvgIpc) is 2.27. The Morgan fingerprint density at radius 1 is 1.40 bits per heavy atom. The van der Waals surface area contributed by atoms with Gasteiger partial charge in [0, 0.05) is 6.54 Å². The van der Waals surface area contributed by atoms with Crippen LogP contribution in [0.25, 0.3) is 6.08 Å². The molecule has 0 atom stereocenters. The predicted octanol–water partition coefficient (Wildman–Crippen LogP) is 1.59. The molecule has 0 aromatic heterocycles. The predicted molar refractivity (Wildman–Crippen MR) is 60.1 cm³/mol. The lowest BCUT2D eigenvalue weighted by Gasteiger charge is -2.04. The van der Waals surface area contributed by atoms with Crippen LogP contribution in [0, 0.1) is 0 Å². The summed E-state index contributed by atoms with van der Waals surface area (Å²) in [5.74, 6) is -0.344. The van der Waals surface area contributed by atoms with Gasteiger partial charge in [0.05, 0.1) is 12.2 Å². The van der Waals surface area contributed by atoms with E-state index in [1.807, 2.05) is 30.3 Å². The van der Waals surface area contributed by atoms with Gasteiger partial charge in [0.2, 0.25) is 0 Å². The van der Waals surface area contributed by atoms with Gasteiger partial charge >= 0.3 is 5.97 Å². The molecule has 1 aromatic carbocycles. The molecule has 80 valence electrons. The second-order valence-corrected chi connectivity index (χ2v) is 3.00. The van der Waals surface area contributed by atoms with E-state index in [1.54, 1.807) is 13.0 Å². The average molecular weight is 205 g/mol. The summed E-state index contributed by atoms with van der Waals surface area (Å²) in [6.07, 6.45) is 1.75. The van der Waals surface area contributed by atoms with Crippen LogP contribution in [0.5, 0.6) is 0 Å². The highest BCUT2D eigenvalue weighted by Gasteiger charge is 2.07. The quantitative estimate of drug-likeness (QED) is 0.600. The number of hydrogen-bond donors (Lipinski definition) is 1. The van der Waals surface area contributed by atoms with E-state index in [4.69, 9.17) is 10.5 Å². The smallest absolute Gasteiger partial charge is 0.335 e. The third-order valence-electron chi connectivity index (χ3n) is 1.90. The maximum atomic E-state index is 11.4. The summed E-state index contributed by atoms with van der Waals surface area (Å²) in [5.41, 5.74) is 6.92. The Bertz CT molecular complexity index is 344. The van der Waals surface area contributed by atoms with Crippen LogP contribution < -0.4 is 5.73 Å². The van der Waals surface area contributed by atoms with E-state index in [0.29, 0.717) is 12.2 Å². The summed E-state index contributed by atoms with van der Waals surface area (Å²) in [4.78, 5) is 11.4. The van der Waals surface area contributed by atoms with Crippen molar-refractivity contribution in [1.82, 2.24) is 0 Å². The van der Waals surface area contributed by atoms with Crippen molar-refractivity contribution >= 4 is 12.0 Å². The number of ether oxygens (including phenoxy) is 1. The van der Waals surface area contributed by atoms with Gasteiger partial charge in [0.15, 0.2) is 0 Å². The van der Waals surface area contributed by atoms with Gasteiger partial charge in [-0.05, 0) is 18.6 Å². The third kappa shape index (κ3) is 3.56. The summed E-state index contributed by atoms with van der Waals surface area (Å²) in [6.45, 7) is 2.33. The number of rotatable bonds is 4. The van der Waals surface area contributed by atoms with Crippen LogP contribution in [0.1, 0.15) is 12.5 Å². The second-order valence-electron chi connectivity index (χ2n) is 3.00. The molecule has 0 saturated heterocycles. The van der Waals surface area contributed by atoms with E-state index < -0.39 is 0 Å². The molecular formula is C12H15NO2. The number of esters is 1. The minimum Gasteiger partial charge on any atom is -0.463 e. The van der Waals surface area contributed by atoms with E-state index in [2.05, 4.69) is 0 Å². The van der Waals surface area contributed by atoms with Crippen LogP contribution in [0.15, 0.2) is 35.9 Å². The number of carbonyl (C=O) groups excluding carboxylic acids is 1. The Labute approximate surface area is 89.5 Å². The molecule has 0 amide bonds. The maximum absolute atomic E-state index is 11.4. The molecule has 15 heavy (non-hydrogen) atoms. The minimum absolute atomic E-state index is 0.188. The van der Waals surface area contributed by atoms with E-state index >= 15 is 0 Å². The zero-order chi connectivity index (χ0) is 11.1. The molecule has 0 radical (unpaired) electrons. The maximum Gasteiger partial charge on any atom is 0.335 e. The second kappa shape index (κ2) is 5.98. The van der Waals surface area contributed by atoms with Crippen LogP contribution in [0.2, 0.25) is 0 Å². The molecule has 0 bridgehead atoms. The van der Waals surface area contributed by atoms with Crippen LogP contribution in [-0.2, 0) is 9.53 Å². The van der Waals surface area contributed by atoms with Gasteiger partial charge in [-0.2, -0.15) is 0 Å². The first-order valence-electron chi connectivity index (χ1n) is 4.90. The van der Waals surface area contributed by atoms with Gasteiger partial charge in [0.25, 0.3) is 0 Å². The zero-order valence-corrected chi connectivity index (χ0v) is 8.77. The summed E-state index contributed by atoms with van der Waals surface area (Å²) in [7, 11) is 0. The van der Waals surface area contributed by atoms with E-state index in [1.165, 1.54) is 0 Å². The molecule has 1 rings (SSSR count). The Kier molecular flexibility index (Phi) is 4.57. The highest BCUT2D eigenvalue weighted by Crippen LogP contribution is 2.06. The molecule has 0 saturated carbocycles. The molecule has 3 heteroatoms. The molecule has 0 spiro atoms. The molecule has 1 aromatic rings. The van der Waals surface area contributed by atoms with Crippen molar-refractivity contribution in [3.05, 3.63) is 41.5 Å². The molecule has 0 aliphatic carbocycles. The van der Waals surface area contributed by atoms with Crippen molar-refractivity contribution in [3.63, 3.8) is 0 Å². The van der Waals surface area contributed by atoms with Crippen molar-refractivity contribution in [2.75, 3.05) is 13.2 Å². The highest BCUT2D eigenvalue weighted by molar-refractivity contribution is 5.94. The van der Waals surface area contributed by atoms with E-state index in [9.17, 15) is 4.79 Å². The molecule has 2 N–H and O–H groups in total. The van der Waals surface area contributed by atoms with Gasteiger partial charge in [0.1, 0.15) is 0 Å². The Balaban J connectivity index is 2.83. The minimum atomic E-state index is -0.344. The van der Waals surface area contributed by atoms with Gasteiger partial charge < -0.3 is 10.5 Å². The summed E-state index contributed by atoms with van der Waals surface area (Å²) >= 11 is 0. The van der Waals surface area contributed by atoms with E-state index in [-0.39, 0.29) is 12.5 Å². The first-order valence-corrected chi connectivity index (χ1v) is 4.90. The lowest BCUT2D eigenvalue weighted by molar-refractivity contribution is -0.138. The standard InChI is InChI=1S/C12H15NO2/c1-2-15-12(14)11(9-13)8-10-6-4-3-5-7-10/h3-8H,2,9,13H2,1H3. The fourth-order valence-electron chi connectivity index (χ4n) is 1.18. The lowest BCUT2D eigenvalue weighted by Crippen LogP contribution is -2.15. The van der Waals surface area contributed by atoms with Crippen molar-refractivity contribution in [2.45, 2.75) is 6.92 Å². The van der Waals surface area contributed by atoms with Crippen molar-refractivity contribution < 1.29 is 9.53 Å². The van der Waals surface area contributed by atoms with Gasteiger partial charge in [-0.25, -0.2) is 4.79 Å². The van der Waals surface area contributed by atoms with Crippen LogP contribution >= 0.6 is 0 Å². The molecule has 0 fully saturated rings. The van der Waals surface area contributed by atoms with Crippen molar-refractivity contribution in [2.24, 2.45) is 5.73 Å². The van der Waals surface area contributed by atoms with Crippen molar-refractivity contribution in [3.8, 4) is 0 Å². The molecule has 0 unspecified atom stereocenters. The van der Waals surface area contributed by atoms with Crippen LogP contribution in [0.3, 0.4) is 0 Å². The normalized spacial score (nSPS) is 11.2. The molecule has 0 heterocycles. The monoisotopic (exact) mass is 205 g/mol. The molecule has 0 aliphatic heterocycles. The summed E-state index contributed by atoms with van der Waals surface area (Å²) in [6, 6.07) is 9.56. The Morgan fingerprint density at radius 2 is 2.07 bits per heavy atom. The molecule has 0 aliphatic rings. The van der Waals surface area contributed by atoms with Crippen molar-refractivity contribution in [1.29, 1.82) is 0 Å². The fourth-order valence-corrected chi connectivity index (χ4v) is 1.18. The summed E-state index contributed by atoms with van der Waals surface area (Å²) in [5, 5.41) is 0.